The van der Waals surface area contributed by atoms with Gasteiger partial charge in [-0.05, 0) is 84.0 Å². The van der Waals surface area contributed by atoms with Crippen molar-refractivity contribution in [2.45, 2.75) is 87.8 Å². The highest BCUT2D eigenvalue weighted by molar-refractivity contribution is 6.11. The van der Waals surface area contributed by atoms with Gasteiger partial charge in [-0.25, -0.2) is 0 Å². The number of benzene rings is 4. The Morgan fingerprint density at radius 3 is 2.59 bits per heavy atom. The molecule has 312 valence electrons. The number of rotatable bonds is 15. The number of phenols is 1. The van der Waals surface area contributed by atoms with Crippen LogP contribution < -0.4 is 9.47 Å². The van der Waals surface area contributed by atoms with Crippen LogP contribution in [0.5, 0.6) is 17.2 Å². The summed E-state index contributed by atoms with van der Waals surface area (Å²) in [6.45, 7) is -1.15. The molecule has 1 saturated heterocycles. The maximum atomic E-state index is 14.3. The first kappa shape index (κ1) is 40.7. The molecule has 0 unspecified atom stereocenters. The number of fused-ring (bicyclic) bond motifs is 3. The third kappa shape index (κ3) is 7.66. The second-order valence-electron chi connectivity index (χ2n) is 15.9. The molecule has 1 aromatic heterocycles. The minimum absolute atomic E-state index is 0.0255. The number of hydrogen-bond acceptors (Lipinski definition) is 12. The van der Waals surface area contributed by atoms with Gasteiger partial charge in [-0.15, -0.1) is 0 Å². The number of ketones is 1. The minimum Gasteiger partial charge on any atom is -0.506 e. The van der Waals surface area contributed by atoms with Crippen LogP contribution in [0, 0.1) is 0 Å². The van der Waals surface area contributed by atoms with Crippen LogP contribution in [0.15, 0.2) is 66.9 Å². The van der Waals surface area contributed by atoms with E-state index in [0.29, 0.717) is 35.1 Å². The van der Waals surface area contributed by atoms with Crippen LogP contribution in [0.1, 0.15) is 81.0 Å². The van der Waals surface area contributed by atoms with Gasteiger partial charge in [0.15, 0.2) is 11.4 Å². The van der Waals surface area contributed by atoms with Gasteiger partial charge in [0.1, 0.15) is 35.6 Å². The van der Waals surface area contributed by atoms with Gasteiger partial charge in [0.2, 0.25) is 6.29 Å². The molecule has 59 heavy (non-hydrogen) atoms. The van der Waals surface area contributed by atoms with E-state index in [9.17, 15) is 40.2 Å². The fourth-order valence-electron chi connectivity index (χ4n) is 8.85. The number of phenolic OH excluding ortho intramolecular Hbond substituents is 1. The molecular formula is C45H50N2O12. The van der Waals surface area contributed by atoms with Crippen LogP contribution in [0.2, 0.25) is 0 Å². The Bertz CT molecular complexity index is 2350. The summed E-state index contributed by atoms with van der Waals surface area (Å²) >= 11 is 0. The Hall–Kier alpha value is -5.06. The number of aromatic amines is 1. The molecule has 2 fully saturated rings. The van der Waals surface area contributed by atoms with Crippen LogP contribution >= 0.6 is 0 Å². The molecule has 14 heteroatoms. The molecule has 0 spiro atoms. The van der Waals surface area contributed by atoms with Gasteiger partial charge in [-0.2, -0.15) is 0 Å². The van der Waals surface area contributed by atoms with Crippen molar-refractivity contribution in [3.05, 3.63) is 100 Å². The lowest BCUT2D eigenvalue weighted by molar-refractivity contribution is -0.329. The number of methoxy groups -OCH3 is 1. The zero-order valence-corrected chi connectivity index (χ0v) is 32.8. The second kappa shape index (κ2) is 16.9. The third-order valence-electron chi connectivity index (χ3n) is 12.1. The number of hydrogen-bond donors (Lipinski definition) is 7. The SMILES string of the molecule is COc1cc(O[C@H]2O[C@H](COCc3c[nH]c4ccc(CCCO)cc34)[C@@H](O)[C@H](O)[C@]2(O)CO)c2c(O)c(C(=O)CN3Cc4ccccc4C3=O)c(C3CCCC3)cc2c1. The Labute approximate surface area is 340 Å². The summed E-state index contributed by atoms with van der Waals surface area (Å²) in [5, 5.41) is 67.4. The zero-order valence-electron chi connectivity index (χ0n) is 32.8. The molecule has 0 radical (unpaired) electrons. The van der Waals surface area contributed by atoms with E-state index in [0.717, 1.165) is 53.3 Å². The highest BCUT2D eigenvalue weighted by Crippen LogP contribution is 2.47. The Morgan fingerprint density at radius 1 is 1.05 bits per heavy atom. The number of amides is 1. The molecule has 1 saturated carbocycles. The van der Waals surface area contributed by atoms with Crippen LogP contribution in [-0.2, 0) is 29.0 Å². The summed E-state index contributed by atoms with van der Waals surface area (Å²) < 4.78 is 24.0. The number of carbonyl (C=O) groups excluding carboxylic acids is 2. The predicted molar refractivity (Wildman–Crippen MR) is 216 cm³/mol. The Kier molecular flexibility index (Phi) is 11.7. The number of H-pyrrole nitrogens is 1. The molecule has 7 N–H and O–H groups in total. The molecule has 0 bridgehead atoms. The molecule has 3 aliphatic rings. The first-order chi connectivity index (χ1) is 28.5. The smallest absolute Gasteiger partial charge is 0.254 e. The lowest BCUT2D eigenvalue weighted by Gasteiger charge is -2.47. The Balaban J connectivity index is 1.10. The highest BCUT2D eigenvalue weighted by atomic mass is 16.7. The number of ether oxygens (including phenoxy) is 4. The normalized spacial score (nSPS) is 23.4. The summed E-state index contributed by atoms with van der Waals surface area (Å²) in [5.74, 6) is -0.925. The van der Waals surface area contributed by atoms with Crippen molar-refractivity contribution in [2.24, 2.45) is 0 Å². The predicted octanol–water partition coefficient (Wildman–Crippen LogP) is 4.22. The number of Topliss-reactive ketones (excluding diaryl/α,β-unsaturated/α-hetero) is 1. The number of nitrogens with one attached hydrogen (secondary N) is 1. The minimum atomic E-state index is -2.55. The van der Waals surface area contributed by atoms with Crippen molar-refractivity contribution in [3.63, 3.8) is 0 Å². The van der Waals surface area contributed by atoms with Crippen molar-refractivity contribution >= 4 is 33.4 Å². The summed E-state index contributed by atoms with van der Waals surface area (Å²) in [7, 11) is 1.45. The molecule has 3 heterocycles. The fourth-order valence-corrected chi connectivity index (χ4v) is 8.85. The summed E-state index contributed by atoms with van der Waals surface area (Å²) in [4.78, 5) is 32.3. The first-order valence-electron chi connectivity index (χ1n) is 20.1. The largest absolute Gasteiger partial charge is 0.506 e. The van der Waals surface area contributed by atoms with E-state index in [4.69, 9.17) is 18.9 Å². The number of aryl methyl sites for hydroxylation is 1. The molecule has 4 aromatic carbocycles. The topological polar surface area (TPSA) is 211 Å². The average molecular weight is 811 g/mol. The van der Waals surface area contributed by atoms with E-state index < -0.39 is 48.3 Å². The van der Waals surface area contributed by atoms with Gasteiger partial charge in [-0.3, -0.25) is 9.59 Å². The number of aromatic hydroxyl groups is 1. The van der Waals surface area contributed by atoms with Gasteiger partial charge in [-0.1, -0.05) is 37.1 Å². The summed E-state index contributed by atoms with van der Waals surface area (Å²) in [6.07, 6.45) is -0.0443. The molecule has 5 atom stereocenters. The quantitative estimate of drug-likeness (QED) is 0.0742. The van der Waals surface area contributed by atoms with Gasteiger partial charge in [0.25, 0.3) is 5.91 Å². The number of aliphatic hydroxyl groups excluding tert-OH is 4. The summed E-state index contributed by atoms with van der Waals surface area (Å²) in [6, 6.07) is 18.1. The number of nitrogens with zero attached hydrogens (tertiary/aromatic N) is 1. The average Bonchev–Trinajstić information content (AvgIpc) is 4.00. The zero-order chi connectivity index (χ0) is 41.4. The van der Waals surface area contributed by atoms with E-state index in [1.165, 1.54) is 18.1 Å². The third-order valence-corrected chi connectivity index (χ3v) is 12.1. The molecule has 14 nitrogen and oxygen atoms in total. The maximum Gasteiger partial charge on any atom is 0.254 e. The molecule has 1 amide bonds. The van der Waals surface area contributed by atoms with Gasteiger partial charge in [0, 0.05) is 47.4 Å². The van der Waals surface area contributed by atoms with E-state index >= 15 is 0 Å². The number of carbonyl (C=O) groups is 2. The Morgan fingerprint density at radius 2 is 1.85 bits per heavy atom. The molecule has 5 aromatic rings. The first-order valence-corrected chi connectivity index (χ1v) is 20.1. The molecule has 8 rings (SSSR count). The van der Waals surface area contributed by atoms with Gasteiger partial charge < -0.3 is 59.5 Å². The maximum absolute atomic E-state index is 14.3. The van der Waals surface area contributed by atoms with E-state index in [1.54, 1.807) is 18.2 Å². The second-order valence-corrected chi connectivity index (χ2v) is 15.9. The monoisotopic (exact) mass is 810 g/mol. The van der Waals surface area contributed by atoms with Crippen molar-refractivity contribution in [1.29, 1.82) is 0 Å². The molecule has 2 aliphatic heterocycles. The lowest BCUT2D eigenvalue weighted by Crippen LogP contribution is -2.69. The van der Waals surface area contributed by atoms with Crippen LogP contribution in [-0.4, -0.2) is 116 Å². The van der Waals surface area contributed by atoms with Crippen LogP contribution in [0.25, 0.3) is 21.7 Å². The lowest BCUT2D eigenvalue weighted by atomic mass is 9.86. The highest BCUT2D eigenvalue weighted by Gasteiger charge is 2.56. The van der Waals surface area contributed by atoms with Crippen molar-refractivity contribution in [1.82, 2.24) is 9.88 Å². The number of aliphatic hydroxyl groups is 5. The standard InChI is InChI=1S/C45H50N2O12/c1-56-30-16-28-17-33(26-8-2-3-9-26)39(35(50)21-47-20-27-10-4-5-11-31(27)43(47)54)41(52)38(28)36(18-30)58-44-45(55,24-49)42(53)40(51)37(59-44)23-57-22-29-19-46-34-13-12-25(7-6-14-48)15-32(29)34/h4-5,10-13,15-19,26,37,40,42,44,46,48-49,51-53,55H,2-3,6-9,14,20-24H2,1H3/t37-,40-,42+,44+,45-/m1/s1. The molecule has 1 aliphatic carbocycles. The van der Waals surface area contributed by atoms with Crippen LogP contribution in [0.4, 0.5) is 0 Å². The van der Waals surface area contributed by atoms with Crippen molar-refractivity contribution in [3.8, 4) is 17.2 Å². The van der Waals surface area contributed by atoms with Crippen LogP contribution in [0.3, 0.4) is 0 Å². The van der Waals surface area contributed by atoms with Crippen molar-refractivity contribution in [2.75, 3.05) is 33.5 Å². The van der Waals surface area contributed by atoms with Crippen molar-refractivity contribution < 1.29 is 59.2 Å². The van der Waals surface area contributed by atoms with E-state index in [1.807, 2.05) is 42.6 Å². The van der Waals surface area contributed by atoms with Gasteiger partial charge >= 0.3 is 0 Å². The van der Waals surface area contributed by atoms with E-state index in [-0.39, 0.29) is 61.4 Å². The fraction of sp³-hybridized carbons (Fsp3) is 0.422. The summed E-state index contributed by atoms with van der Waals surface area (Å²) in [5.41, 5.74) is 2.29. The van der Waals surface area contributed by atoms with Gasteiger partial charge in [0.05, 0.1) is 44.4 Å². The number of aromatic nitrogens is 1. The van der Waals surface area contributed by atoms with E-state index in [2.05, 4.69) is 4.98 Å². The molecular weight excluding hydrogens is 760 g/mol.